The van der Waals surface area contributed by atoms with Crippen molar-refractivity contribution in [1.82, 2.24) is 9.80 Å². The number of fused-ring (bicyclic) bond motifs is 1. The van der Waals surface area contributed by atoms with Crippen LogP contribution in [0.2, 0.25) is 5.02 Å². The van der Waals surface area contributed by atoms with Crippen molar-refractivity contribution >= 4 is 46.8 Å². The Kier molecular flexibility index (Phi) is 10.2. The van der Waals surface area contributed by atoms with E-state index in [-0.39, 0.29) is 42.0 Å². The van der Waals surface area contributed by atoms with Crippen molar-refractivity contribution in [1.29, 1.82) is 0 Å². The van der Waals surface area contributed by atoms with Gasteiger partial charge in [0.25, 0.3) is 5.91 Å². The summed E-state index contributed by atoms with van der Waals surface area (Å²) in [7, 11) is 0. The van der Waals surface area contributed by atoms with E-state index in [4.69, 9.17) is 11.6 Å². The fourth-order valence-corrected chi connectivity index (χ4v) is 10.7. The molecule has 9 heteroatoms. The number of halogens is 1. The molecule has 0 aliphatic carbocycles. The Labute approximate surface area is 292 Å². The first-order chi connectivity index (χ1) is 23.2. The molecule has 3 saturated heterocycles. The summed E-state index contributed by atoms with van der Waals surface area (Å²) < 4.78 is -0.859. The van der Waals surface area contributed by atoms with Crippen molar-refractivity contribution in [3.63, 3.8) is 0 Å². The summed E-state index contributed by atoms with van der Waals surface area (Å²) in [4.78, 5) is 49.9. The Morgan fingerprint density at radius 1 is 0.979 bits per heavy atom. The van der Waals surface area contributed by atoms with Crippen LogP contribution in [0.1, 0.15) is 24.5 Å². The highest BCUT2D eigenvalue weighted by Crippen LogP contribution is 2.69. The van der Waals surface area contributed by atoms with Gasteiger partial charge in [-0.3, -0.25) is 14.4 Å². The molecule has 3 heterocycles. The third kappa shape index (κ3) is 5.99. The van der Waals surface area contributed by atoms with Crippen LogP contribution in [-0.4, -0.2) is 74.4 Å². The van der Waals surface area contributed by atoms with Gasteiger partial charge in [-0.15, -0.1) is 24.9 Å². The average Bonchev–Trinajstić information content (AvgIpc) is 3.70. The lowest BCUT2D eigenvalue weighted by atomic mass is 9.65. The van der Waals surface area contributed by atoms with Gasteiger partial charge in [0.15, 0.2) is 0 Å². The number of aliphatic hydroxyl groups is 1. The number of hydrogen-bond donors (Lipinski definition) is 1. The monoisotopic (exact) mass is 683 g/mol. The fourth-order valence-electron chi connectivity index (χ4n) is 8.17. The molecular weight excluding hydrogens is 642 g/mol. The van der Waals surface area contributed by atoms with Gasteiger partial charge in [0, 0.05) is 35.6 Å². The van der Waals surface area contributed by atoms with Gasteiger partial charge in [0.2, 0.25) is 11.8 Å². The predicted molar refractivity (Wildman–Crippen MR) is 193 cm³/mol. The Bertz CT molecular complexity index is 1650. The van der Waals surface area contributed by atoms with Gasteiger partial charge in [0.05, 0.1) is 29.2 Å². The van der Waals surface area contributed by atoms with Gasteiger partial charge in [-0.05, 0) is 54.2 Å². The van der Waals surface area contributed by atoms with E-state index in [0.29, 0.717) is 36.6 Å². The van der Waals surface area contributed by atoms with Crippen molar-refractivity contribution in [2.24, 2.45) is 17.8 Å². The largest absolute Gasteiger partial charge is 0.394 e. The number of amides is 3. The zero-order valence-electron chi connectivity index (χ0n) is 27.2. The zero-order chi connectivity index (χ0) is 34.0. The number of carbonyl (C=O) groups is 3. The van der Waals surface area contributed by atoms with Crippen LogP contribution in [0.15, 0.2) is 110 Å². The lowest BCUT2D eigenvalue weighted by Gasteiger charge is -2.42. The summed E-state index contributed by atoms with van der Waals surface area (Å²) in [6, 6.07) is 25.0. The van der Waals surface area contributed by atoms with E-state index in [9.17, 15) is 9.90 Å². The van der Waals surface area contributed by atoms with E-state index in [2.05, 4.69) is 20.1 Å². The normalized spacial score (nSPS) is 26.2. The number of anilines is 1. The SMILES string of the molecule is C=CCN(Cc1ccccc1)C(=O)[C@@H]1[C@@H]2CC(C)C3(S2)C(C(=O)N(CC=C)c2ccc(Cl)cc2)N([C@@H](CO)Cc2ccccc2)C(=O)[C@H]13. The minimum absolute atomic E-state index is 0.0294. The number of thioether (sulfide) groups is 1. The first-order valence-corrected chi connectivity index (χ1v) is 17.8. The molecule has 3 aromatic rings. The number of aliphatic hydroxyl groups excluding tert-OH is 1. The minimum Gasteiger partial charge on any atom is -0.394 e. The van der Waals surface area contributed by atoms with E-state index in [1.165, 1.54) is 0 Å². The van der Waals surface area contributed by atoms with Crippen LogP contribution in [0.25, 0.3) is 0 Å². The van der Waals surface area contributed by atoms with Crippen LogP contribution in [0.5, 0.6) is 0 Å². The van der Waals surface area contributed by atoms with Gasteiger partial charge in [-0.25, -0.2) is 0 Å². The quantitative estimate of drug-likeness (QED) is 0.223. The number of benzene rings is 3. The van der Waals surface area contributed by atoms with Crippen molar-refractivity contribution in [2.45, 2.75) is 48.4 Å². The maximum absolute atomic E-state index is 15.1. The predicted octanol–water partition coefficient (Wildman–Crippen LogP) is 6.01. The van der Waals surface area contributed by atoms with Gasteiger partial charge in [-0.2, -0.15) is 0 Å². The number of likely N-dealkylation sites (tertiary alicyclic amines) is 1. The highest BCUT2D eigenvalue weighted by Gasteiger charge is 2.77. The summed E-state index contributed by atoms with van der Waals surface area (Å²) in [5.74, 6) is -1.95. The Morgan fingerprint density at radius 3 is 2.21 bits per heavy atom. The van der Waals surface area contributed by atoms with Crippen LogP contribution in [0.4, 0.5) is 5.69 Å². The fraction of sp³-hybridized carbons (Fsp3) is 0.359. The maximum atomic E-state index is 15.1. The molecule has 7 nitrogen and oxygen atoms in total. The molecule has 6 rings (SSSR count). The number of rotatable bonds is 13. The molecule has 3 aromatic carbocycles. The van der Waals surface area contributed by atoms with Crippen LogP contribution >= 0.6 is 23.4 Å². The molecule has 0 saturated carbocycles. The van der Waals surface area contributed by atoms with Crippen LogP contribution in [0, 0.1) is 17.8 Å². The summed E-state index contributed by atoms with van der Waals surface area (Å²) >= 11 is 7.85. The Balaban J connectivity index is 1.45. The lowest BCUT2D eigenvalue weighted by Crippen LogP contribution is -2.59. The van der Waals surface area contributed by atoms with Crippen molar-refractivity contribution in [3.8, 4) is 0 Å². The second-order valence-electron chi connectivity index (χ2n) is 13.0. The van der Waals surface area contributed by atoms with E-state index in [1.54, 1.807) is 62.9 Å². The molecule has 7 atom stereocenters. The number of hydrogen-bond acceptors (Lipinski definition) is 5. The molecule has 3 fully saturated rings. The second-order valence-corrected chi connectivity index (χ2v) is 15.0. The molecule has 250 valence electrons. The molecule has 0 radical (unpaired) electrons. The third-order valence-corrected chi connectivity index (χ3v) is 12.5. The van der Waals surface area contributed by atoms with Gasteiger partial charge >= 0.3 is 0 Å². The summed E-state index contributed by atoms with van der Waals surface area (Å²) in [5.41, 5.74) is 2.58. The minimum atomic E-state index is -0.906. The molecule has 1 spiro atoms. The number of nitrogens with zero attached hydrogens (tertiary/aromatic N) is 3. The summed E-state index contributed by atoms with van der Waals surface area (Å²) in [5, 5.41) is 11.3. The molecular formula is C39H42ClN3O4S. The zero-order valence-corrected chi connectivity index (χ0v) is 28.7. The second kappa shape index (κ2) is 14.3. The smallest absolute Gasteiger partial charge is 0.251 e. The van der Waals surface area contributed by atoms with E-state index in [0.717, 1.165) is 11.1 Å². The molecule has 1 N–H and O–H groups in total. The van der Waals surface area contributed by atoms with E-state index < -0.39 is 28.7 Å². The Hall–Kier alpha value is -3.85. The molecule has 3 aliphatic heterocycles. The summed E-state index contributed by atoms with van der Waals surface area (Å²) in [6.45, 7) is 10.6. The van der Waals surface area contributed by atoms with E-state index in [1.807, 2.05) is 60.7 Å². The highest BCUT2D eigenvalue weighted by atomic mass is 35.5. The third-order valence-electron chi connectivity index (χ3n) is 10.2. The molecule has 3 aliphatic rings. The standard InChI is InChI=1S/C39H42ClN3O4S/c1-4-20-41(24-28-14-10-7-11-15-28)36(45)33-32-22-26(3)39(48-32)34(33)37(46)43(31(25-44)23-27-12-8-6-9-13-27)35(39)38(47)42(21-5-2)30-18-16-29(40)17-19-30/h4-19,26,31-35,44H,1-2,20-25H2,3H3/t26?,31-,32+,33-,34+,35?,39?/m1/s1. The van der Waals surface area contributed by atoms with Gasteiger partial charge < -0.3 is 19.8 Å². The topological polar surface area (TPSA) is 81.2 Å². The van der Waals surface area contributed by atoms with Gasteiger partial charge in [-0.1, -0.05) is 91.3 Å². The lowest BCUT2D eigenvalue weighted by molar-refractivity contribution is -0.145. The molecule has 48 heavy (non-hydrogen) atoms. The molecule has 0 aromatic heterocycles. The summed E-state index contributed by atoms with van der Waals surface area (Å²) in [6.07, 6.45) is 4.47. The Morgan fingerprint density at radius 2 is 1.60 bits per heavy atom. The van der Waals surface area contributed by atoms with Crippen LogP contribution in [-0.2, 0) is 27.3 Å². The first-order valence-electron chi connectivity index (χ1n) is 16.5. The van der Waals surface area contributed by atoms with Crippen molar-refractivity contribution in [2.75, 3.05) is 24.6 Å². The highest BCUT2D eigenvalue weighted by molar-refractivity contribution is 8.02. The van der Waals surface area contributed by atoms with Crippen molar-refractivity contribution in [3.05, 3.63) is 126 Å². The molecule has 3 amide bonds. The first kappa shape index (κ1) is 34.0. The average molecular weight is 684 g/mol. The van der Waals surface area contributed by atoms with Crippen molar-refractivity contribution < 1.29 is 19.5 Å². The molecule has 3 unspecified atom stereocenters. The van der Waals surface area contributed by atoms with E-state index >= 15 is 9.59 Å². The van der Waals surface area contributed by atoms with Crippen LogP contribution in [0.3, 0.4) is 0 Å². The maximum Gasteiger partial charge on any atom is 0.251 e. The molecule has 2 bridgehead atoms. The van der Waals surface area contributed by atoms with Gasteiger partial charge in [0.1, 0.15) is 6.04 Å². The van der Waals surface area contributed by atoms with Crippen LogP contribution < -0.4 is 4.90 Å². The number of carbonyl (C=O) groups excluding carboxylic acids is 3.